The molecule has 0 aliphatic carbocycles. The van der Waals surface area contributed by atoms with Crippen LogP contribution in [0.4, 0.5) is 5.82 Å². The normalized spacial score (nSPS) is 20.0. The van der Waals surface area contributed by atoms with Crippen molar-refractivity contribution in [1.82, 2.24) is 10.2 Å². The summed E-state index contributed by atoms with van der Waals surface area (Å²) in [7, 11) is 0. The van der Waals surface area contributed by atoms with Gasteiger partial charge >= 0.3 is 0 Å². The van der Waals surface area contributed by atoms with Crippen LogP contribution in [0.5, 0.6) is 0 Å². The fourth-order valence-corrected chi connectivity index (χ4v) is 1.72. The largest absolute Gasteiger partial charge is 0.391 e. The Balaban J connectivity index is 0.000000606. The molecule has 0 saturated carbocycles. The van der Waals surface area contributed by atoms with Crippen molar-refractivity contribution in [2.24, 2.45) is 0 Å². The van der Waals surface area contributed by atoms with Gasteiger partial charge in [0.25, 0.3) is 0 Å². The number of hydrogen-bond donors (Lipinski definition) is 1. The molecule has 0 spiro atoms. The molecular weight excluding hydrogens is 202 g/mol. The zero-order valence-electron chi connectivity index (χ0n) is 10.3. The highest BCUT2D eigenvalue weighted by atomic mass is 16.3. The monoisotopic (exact) mass is 223 g/mol. The van der Waals surface area contributed by atoms with E-state index in [1.54, 1.807) is 0 Å². The van der Waals surface area contributed by atoms with E-state index in [1.807, 2.05) is 32.9 Å². The first-order chi connectivity index (χ1) is 7.75. The Morgan fingerprint density at radius 1 is 1.31 bits per heavy atom. The third kappa shape index (κ3) is 3.45. The van der Waals surface area contributed by atoms with E-state index in [9.17, 15) is 5.11 Å². The molecule has 90 valence electrons. The van der Waals surface area contributed by atoms with Crippen LogP contribution >= 0.6 is 0 Å². The minimum atomic E-state index is -0.216. The molecule has 1 unspecified atom stereocenters. The summed E-state index contributed by atoms with van der Waals surface area (Å²) in [4.78, 5) is 2.08. The van der Waals surface area contributed by atoms with Crippen LogP contribution in [0.15, 0.2) is 12.1 Å². The number of aryl methyl sites for hydroxylation is 1. The summed E-state index contributed by atoms with van der Waals surface area (Å²) in [6.07, 6.45) is 1.71. The number of aliphatic hydroxyl groups excluding tert-OH is 1. The third-order valence-electron chi connectivity index (χ3n) is 2.50. The Kier molecular flexibility index (Phi) is 5.19. The Morgan fingerprint density at radius 3 is 2.62 bits per heavy atom. The van der Waals surface area contributed by atoms with E-state index >= 15 is 0 Å². The van der Waals surface area contributed by atoms with Gasteiger partial charge in [0.05, 0.1) is 11.8 Å². The lowest BCUT2D eigenvalue weighted by atomic mass is 10.1. The van der Waals surface area contributed by atoms with Crippen LogP contribution in [0.25, 0.3) is 0 Å². The van der Waals surface area contributed by atoms with Gasteiger partial charge in [-0.3, -0.25) is 0 Å². The number of rotatable bonds is 1. The van der Waals surface area contributed by atoms with Gasteiger partial charge < -0.3 is 10.0 Å². The number of aromatic nitrogens is 2. The summed E-state index contributed by atoms with van der Waals surface area (Å²) in [5.41, 5.74) is 0.923. The maximum Gasteiger partial charge on any atom is 0.151 e. The molecule has 1 saturated heterocycles. The predicted molar refractivity (Wildman–Crippen MR) is 65.6 cm³/mol. The number of hydrogen-bond acceptors (Lipinski definition) is 4. The van der Waals surface area contributed by atoms with Crippen molar-refractivity contribution >= 4 is 5.82 Å². The van der Waals surface area contributed by atoms with Crippen LogP contribution in [0.3, 0.4) is 0 Å². The lowest BCUT2D eigenvalue weighted by Gasteiger charge is -2.30. The number of nitrogens with zero attached hydrogens (tertiary/aromatic N) is 3. The smallest absolute Gasteiger partial charge is 0.151 e. The first-order valence-corrected chi connectivity index (χ1v) is 5.99. The number of aliphatic hydroxyl groups is 1. The molecule has 1 aromatic rings. The van der Waals surface area contributed by atoms with Gasteiger partial charge in [0, 0.05) is 13.1 Å². The first kappa shape index (κ1) is 12.9. The standard InChI is InChI=1S/C10H15N3O.C2H6/c1-8-4-5-10(12-11-8)13-6-2-3-9(14)7-13;1-2/h4-5,9,14H,2-3,6-7H2,1H3;1-2H3. The molecule has 0 amide bonds. The van der Waals surface area contributed by atoms with Gasteiger partial charge in [-0.2, -0.15) is 5.10 Å². The van der Waals surface area contributed by atoms with E-state index in [0.29, 0.717) is 6.54 Å². The molecule has 0 radical (unpaired) electrons. The van der Waals surface area contributed by atoms with Crippen LogP contribution in [0, 0.1) is 6.92 Å². The maximum absolute atomic E-state index is 9.51. The van der Waals surface area contributed by atoms with Crippen molar-refractivity contribution in [1.29, 1.82) is 0 Å². The molecule has 2 heterocycles. The van der Waals surface area contributed by atoms with Crippen molar-refractivity contribution in [3.05, 3.63) is 17.8 Å². The summed E-state index contributed by atoms with van der Waals surface area (Å²) < 4.78 is 0. The Labute approximate surface area is 97.3 Å². The van der Waals surface area contributed by atoms with Gasteiger partial charge in [-0.05, 0) is 31.9 Å². The molecule has 16 heavy (non-hydrogen) atoms. The fraction of sp³-hybridized carbons (Fsp3) is 0.667. The SMILES string of the molecule is CC.Cc1ccc(N2CCCC(O)C2)nn1. The zero-order valence-corrected chi connectivity index (χ0v) is 10.3. The van der Waals surface area contributed by atoms with Gasteiger partial charge in [-0.15, -0.1) is 5.10 Å². The minimum Gasteiger partial charge on any atom is -0.391 e. The molecule has 0 bridgehead atoms. The van der Waals surface area contributed by atoms with Crippen LogP contribution in [-0.4, -0.2) is 34.5 Å². The molecule has 1 aromatic heterocycles. The van der Waals surface area contributed by atoms with E-state index in [2.05, 4.69) is 15.1 Å². The number of anilines is 1. The van der Waals surface area contributed by atoms with Crippen LogP contribution in [-0.2, 0) is 0 Å². The van der Waals surface area contributed by atoms with Gasteiger partial charge in [-0.1, -0.05) is 13.8 Å². The highest BCUT2D eigenvalue weighted by molar-refractivity contribution is 5.37. The number of piperidine rings is 1. The molecule has 0 aromatic carbocycles. The molecule has 4 nitrogen and oxygen atoms in total. The van der Waals surface area contributed by atoms with Crippen molar-refractivity contribution in [2.45, 2.75) is 39.7 Å². The summed E-state index contributed by atoms with van der Waals surface area (Å²) in [6.45, 7) is 7.56. The van der Waals surface area contributed by atoms with Crippen molar-refractivity contribution < 1.29 is 5.11 Å². The van der Waals surface area contributed by atoms with Gasteiger partial charge in [0.2, 0.25) is 0 Å². The van der Waals surface area contributed by atoms with Crippen molar-refractivity contribution in [3.63, 3.8) is 0 Å². The van der Waals surface area contributed by atoms with Crippen LogP contribution < -0.4 is 4.90 Å². The third-order valence-corrected chi connectivity index (χ3v) is 2.50. The molecule has 1 atom stereocenters. The second-order valence-corrected chi connectivity index (χ2v) is 3.77. The van der Waals surface area contributed by atoms with Crippen LogP contribution in [0.1, 0.15) is 32.4 Å². The van der Waals surface area contributed by atoms with Gasteiger partial charge in [-0.25, -0.2) is 0 Å². The maximum atomic E-state index is 9.51. The summed E-state index contributed by atoms with van der Waals surface area (Å²) in [5.74, 6) is 0.870. The predicted octanol–water partition coefficient (Wildman–Crippen LogP) is 1.77. The van der Waals surface area contributed by atoms with Crippen LogP contribution in [0.2, 0.25) is 0 Å². The highest BCUT2D eigenvalue weighted by Gasteiger charge is 2.18. The van der Waals surface area contributed by atoms with Gasteiger partial charge in [0.15, 0.2) is 5.82 Å². The molecule has 1 aliphatic heterocycles. The van der Waals surface area contributed by atoms with E-state index < -0.39 is 0 Å². The van der Waals surface area contributed by atoms with Gasteiger partial charge in [0.1, 0.15) is 0 Å². The Bertz CT molecular complexity index is 300. The average Bonchev–Trinajstić information content (AvgIpc) is 2.32. The molecule has 1 fully saturated rings. The highest BCUT2D eigenvalue weighted by Crippen LogP contribution is 2.16. The van der Waals surface area contributed by atoms with Crippen molar-refractivity contribution in [3.8, 4) is 0 Å². The second-order valence-electron chi connectivity index (χ2n) is 3.77. The Hall–Kier alpha value is -1.16. The molecule has 1 N–H and O–H groups in total. The topological polar surface area (TPSA) is 49.2 Å². The lowest BCUT2D eigenvalue weighted by molar-refractivity contribution is 0.154. The summed E-state index contributed by atoms with van der Waals surface area (Å²) in [5, 5.41) is 17.6. The number of β-amino-alcohol motifs (C(OH)–C–C–N with tert-alkyl or cyclic N) is 1. The second kappa shape index (κ2) is 6.43. The molecular formula is C12H21N3O. The van der Waals surface area contributed by atoms with E-state index in [0.717, 1.165) is 30.9 Å². The first-order valence-electron chi connectivity index (χ1n) is 5.99. The van der Waals surface area contributed by atoms with Crippen molar-refractivity contribution in [2.75, 3.05) is 18.0 Å². The quantitative estimate of drug-likeness (QED) is 0.788. The zero-order chi connectivity index (χ0) is 12.0. The summed E-state index contributed by atoms with van der Waals surface area (Å²) in [6, 6.07) is 3.91. The van der Waals surface area contributed by atoms with E-state index in [4.69, 9.17) is 0 Å². The lowest BCUT2D eigenvalue weighted by Crippen LogP contribution is -2.38. The molecule has 1 aliphatic rings. The average molecular weight is 223 g/mol. The fourth-order valence-electron chi connectivity index (χ4n) is 1.72. The minimum absolute atomic E-state index is 0.216. The summed E-state index contributed by atoms with van der Waals surface area (Å²) >= 11 is 0. The Morgan fingerprint density at radius 2 is 2.06 bits per heavy atom. The van der Waals surface area contributed by atoms with E-state index in [-0.39, 0.29) is 6.10 Å². The molecule has 2 rings (SSSR count). The molecule has 4 heteroatoms. The van der Waals surface area contributed by atoms with E-state index in [1.165, 1.54) is 0 Å².